The number of hydrogen-bond donors (Lipinski definition) is 0. The molecule has 2 aromatic carbocycles. The molecule has 13 heteroatoms. The van der Waals surface area contributed by atoms with Gasteiger partial charge in [-0.05, 0) is 81.1 Å². The van der Waals surface area contributed by atoms with Crippen molar-refractivity contribution in [1.29, 1.82) is 0 Å². The minimum Gasteiger partial charge on any atom is -0.443 e. The Bertz CT molecular complexity index is 1880. The number of pyridine rings is 1. The zero-order valence-electron chi connectivity index (χ0n) is 27.0. The first-order valence-corrected chi connectivity index (χ1v) is 15.8. The summed E-state index contributed by atoms with van der Waals surface area (Å²) in [6.45, 7) is 6.05. The zero-order valence-corrected chi connectivity index (χ0v) is 27.0. The number of amides is 1. The second-order valence-electron chi connectivity index (χ2n) is 13.4. The predicted molar refractivity (Wildman–Crippen MR) is 171 cm³/mol. The molecule has 2 unspecified atom stereocenters. The van der Waals surface area contributed by atoms with Gasteiger partial charge in [-0.3, -0.25) is 19.2 Å². The SMILES string of the molecule is CC(C)(C)OC(=O)n1cc(CC2CN3CC(c4ccccn4)=CCC3CN2C(=O)c2cc(C(F)(F)F)cc(C(F)(F)F)c2)c2ccccc21. The molecule has 0 N–H and O–H groups in total. The summed E-state index contributed by atoms with van der Waals surface area (Å²) in [4.78, 5) is 35.3. The molecule has 0 aliphatic carbocycles. The summed E-state index contributed by atoms with van der Waals surface area (Å²) in [5.41, 5.74) is -1.59. The number of carbonyl (C=O) groups excluding carboxylic acids is 2. The number of alkyl halides is 6. The maximum absolute atomic E-state index is 14.1. The van der Waals surface area contributed by atoms with Gasteiger partial charge in [-0.15, -0.1) is 0 Å². The van der Waals surface area contributed by atoms with Crippen molar-refractivity contribution in [1.82, 2.24) is 19.4 Å². The highest BCUT2D eigenvalue weighted by Crippen LogP contribution is 2.38. The molecular formula is C36H34F6N4O3. The lowest BCUT2D eigenvalue weighted by Gasteiger charge is -2.48. The highest BCUT2D eigenvalue weighted by Gasteiger charge is 2.41. The summed E-state index contributed by atoms with van der Waals surface area (Å²) in [6.07, 6.45) is -4.84. The summed E-state index contributed by atoms with van der Waals surface area (Å²) in [5, 5.41) is 0.703. The van der Waals surface area contributed by atoms with Crippen LogP contribution in [-0.4, -0.2) is 68.7 Å². The zero-order chi connectivity index (χ0) is 35.3. The number of ether oxygens (including phenoxy) is 1. The lowest BCUT2D eigenvalue weighted by atomic mass is 9.92. The molecule has 258 valence electrons. The van der Waals surface area contributed by atoms with Crippen molar-refractivity contribution in [3.05, 3.63) is 107 Å². The van der Waals surface area contributed by atoms with E-state index in [1.807, 2.05) is 30.3 Å². The van der Waals surface area contributed by atoms with Gasteiger partial charge in [-0.25, -0.2) is 4.79 Å². The average molecular weight is 685 g/mol. The molecular weight excluding hydrogens is 650 g/mol. The van der Waals surface area contributed by atoms with E-state index in [2.05, 4.69) is 9.88 Å². The van der Waals surface area contributed by atoms with Gasteiger partial charge in [0.15, 0.2) is 0 Å². The van der Waals surface area contributed by atoms with Gasteiger partial charge in [0.25, 0.3) is 5.91 Å². The molecule has 2 aliphatic rings. The number of hydrogen-bond acceptors (Lipinski definition) is 5. The Hall–Kier alpha value is -4.65. The van der Waals surface area contributed by atoms with Crippen LogP contribution >= 0.6 is 0 Å². The van der Waals surface area contributed by atoms with Gasteiger partial charge >= 0.3 is 18.4 Å². The van der Waals surface area contributed by atoms with Crippen LogP contribution in [0.5, 0.6) is 0 Å². The topological polar surface area (TPSA) is 67.7 Å². The number of benzene rings is 2. The highest BCUT2D eigenvalue weighted by atomic mass is 19.4. The Morgan fingerprint density at radius 3 is 2.20 bits per heavy atom. The summed E-state index contributed by atoms with van der Waals surface area (Å²) in [6, 6.07) is 12.8. The van der Waals surface area contributed by atoms with Crippen molar-refractivity contribution in [2.75, 3.05) is 19.6 Å². The number of aromatic nitrogens is 2. The minimum absolute atomic E-state index is 0.0167. The van der Waals surface area contributed by atoms with E-state index in [9.17, 15) is 35.9 Å². The molecule has 1 saturated heterocycles. The lowest BCUT2D eigenvalue weighted by molar-refractivity contribution is -0.143. The van der Waals surface area contributed by atoms with E-state index < -0.39 is 52.7 Å². The van der Waals surface area contributed by atoms with E-state index in [0.29, 0.717) is 41.6 Å². The van der Waals surface area contributed by atoms with E-state index in [1.54, 1.807) is 51.4 Å². The third kappa shape index (κ3) is 7.36. The normalized spacial score (nSPS) is 19.0. The molecule has 4 heterocycles. The quantitative estimate of drug-likeness (QED) is 0.204. The first-order chi connectivity index (χ1) is 23.0. The third-order valence-corrected chi connectivity index (χ3v) is 8.75. The molecule has 6 rings (SSSR count). The fourth-order valence-corrected chi connectivity index (χ4v) is 6.52. The van der Waals surface area contributed by atoms with E-state index in [1.165, 1.54) is 9.47 Å². The Morgan fingerprint density at radius 2 is 1.57 bits per heavy atom. The number of rotatable bonds is 4. The molecule has 7 nitrogen and oxygen atoms in total. The van der Waals surface area contributed by atoms with Crippen LogP contribution in [-0.2, 0) is 23.5 Å². The molecule has 1 fully saturated rings. The van der Waals surface area contributed by atoms with Gasteiger partial charge in [0.05, 0.1) is 22.3 Å². The van der Waals surface area contributed by atoms with Crippen molar-refractivity contribution in [2.45, 2.75) is 63.7 Å². The Labute approximate surface area is 278 Å². The van der Waals surface area contributed by atoms with Gasteiger partial charge in [-0.1, -0.05) is 30.3 Å². The number of fused-ring (bicyclic) bond motifs is 2. The van der Waals surface area contributed by atoms with E-state index >= 15 is 0 Å². The van der Waals surface area contributed by atoms with E-state index in [0.717, 1.165) is 11.3 Å². The molecule has 0 spiro atoms. The van der Waals surface area contributed by atoms with Crippen LogP contribution in [0.1, 0.15) is 59.9 Å². The Kier molecular flexibility index (Phi) is 8.85. The molecule has 2 atom stereocenters. The molecule has 0 radical (unpaired) electrons. The van der Waals surface area contributed by atoms with Gasteiger partial charge in [0.1, 0.15) is 5.60 Å². The van der Waals surface area contributed by atoms with Gasteiger partial charge < -0.3 is 9.64 Å². The molecule has 2 aliphatic heterocycles. The number of nitrogens with zero attached hydrogens (tertiary/aromatic N) is 4. The van der Waals surface area contributed by atoms with Crippen LogP contribution in [0.25, 0.3) is 16.5 Å². The smallest absolute Gasteiger partial charge is 0.419 e. The molecule has 0 bridgehead atoms. The molecule has 4 aromatic rings. The van der Waals surface area contributed by atoms with Gasteiger partial charge in [0.2, 0.25) is 0 Å². The fourth-order valence-electron chi connectivity index (χ4n) is 6.52. The highest BCUT2D eigenvalue weighted by molar-refractivity contribution is 5.95. The van der Waals surface area contributed by atoms with Crippen molar-refractivity contribution >= 4 is 28.5 Å². The molecule has 0 saturated carbocycles. The van der Waals surface area contributed by atoms with Gasteiger partial charge in [-0.2, -0.15) is 26.3 Å². The predicted octanol–water partition coefficient (Wildman–Crippen LogP) is 8.08. The van der Waals surface area contributed by atoms with Crippen LogP contribution in [0, 0.1) is 0 Å². The van der Waals surface area contributed by atoms with Crippen molar-refractivity contribution in [3.63, 3.8) is 0 Å². The van der Waals surface area contributed by atoms with Crippen molar-refractivity contribution in [3.8, 4) is 0 Å². The monoisotopic (exact) mass is 684 g/mol. The Morgan fingerprint density at radius 1 is 0.898 bits per heavy atom. The second-order valence-corrected chi connectivity index (χ2v) is 13.4. The number of halogens is 6. The summed E-state index contributed by atoms with van der Waals surface area (Å²) in [7, 11) is 0. The van der Waals surface area contributed by atoms with E-state index in [-0.39, 0.29) is 31.6 Å². The first kappa shape index (κ1) is 34.2. The summed E-state index contributed by atoms with van der Waals surface area (Å²) in [5.74, 6) is -0.934. The minimum atomic E-state index is -5.10. The molecule has 2 aromatic heterocycles. The number of para-hydroxylation sites is 1. The molecule has 1 amide bonds. The van der Waals surface area contributed by atoms with Crippen LogP contribution < -0.4 is 0 Å². The maximum Gasteiger partial charge on any atom is 0.419 e. The van der Waals surface area contributed by atoms with Crippen molar-refractivity contribution in [2.24, 2.45) is 0 Å². The molecule has 49 heavy (non-hydrogen) atoms. The van der Waals surface area contributed by atoms with E-state index in [4.69, 9.17) is 4.74 Å². The standard InChI is InChI=1S/C36H34F6N4O3/c1-34(2,3)49-33(48)46-19-24(29-8-4-5-10-31(29)46)16-28-20-44-18-22(30-9-6-7-13-43-30)11-12-27(44)21-45(28)32(47)23-14-25(35(37,38)39)17-26(15-23)36(40,41)42/h4-11,13-15,17,19,27-28H,12,16,18,20-21H2,1-3H3. The third-order valence-electron chi connectivity index (χ3n) is 8.75. The first-order valence-electron chi connectivity index (χ1n) is 15.8. The number of piperazine rings is 1. The Balaban J connectivity index is 1.40. The lowest BCUT2D eigenvalue weighted by Crippen LogP contribution is -2.61. The average Bonchev–Trinajstić information content (AvgIpc) is 3.41. The number of carbonyl (C=O) groups is 2. The van der Waals surface area contributed by atoms with Crippen LogP contribution in [0.4, 0.5) is 31.1 Å². The summed E-state index contributed by atoms with van der Waals surface area (Å²) < 4.78 is 89.6. The van der Waals surface area contributed by atoms with Crippen LogP contribution in [0.2, 0.25) is 0 Å². The fraction of sp³-hybridized carbons (Fsp3) is 0.361. The van der Waals surface area contributed by atoms with Crippen LogP contribution in [0.3, 0.4) is 0 Å². The maximum atomic E-state index is 14.1. The second kappa shape index (κ2) is 12.7. The van der Waals surface area contributed by atoms with Crippen LogP contribution in [0.15, 0.2) is 79.1 Å². The largest absolute Gasteiger partial charge is 0.443 e. The summed E-state index contributed by atoms with van der Waals surface area (Å²) >= 11 is 0. The van der Waals surface area contributed by atoms with Gasteiger partial charge in [0, 0.05) is 55.1 Å². The van der Waals surface area contributed by atoms with Crippen molar-refractivity contribution < 1.29 is 40.7 Å².